The van der Waals surface area contributed by atoms with E-state index in [1.807, 2.05) is 42.6 Å². The molecule has 2 rings (SSSR count). The summed E-state index contributed by atoms with van der Waals surface area (Å²) in [5.41, 5.74) is 6.14. The largest absolute Gasteiger partial charge is 0.493 e. The van der Waals surface area contributed by atoms with Crippen molar-refractivity contribution in [3.05, 3.63) is 46.2 Å². The van der Waals surface area contributed by atoms with Crippen LogP contribution in [0.5, 0.6) is 11.5 Å². The molecule has 28 heavy (non-hydrogen) atoms. The second-order valence-corrected chi connectivity index (χ2v) is 6.77. The van der Waals surface area contributed by atoms with Crippen molar-refractivity contribution >= 4 is 35.6 Å². The lowest BCUT2D eigenvalue weighted by Crippen LogP contribution is -2.41. The van der Waals surface area contributed by atoms with Crippen LogP contribution >= 0.6 is 23.7 Å². The normalized spacial score (nSPS) is 9.96. The monoisotopic (exact) mass is 427 g/mol. The number of hydrogen-bond acceptors (Lipinski definition) is 6. The van der Waals surface area contributed by atoms with Gasteiger partial charge in [0.25, 0.3) is 0 Å². The highest BCUT2D eigenvalue weighted by atomic mass is 35.5. The van der Waals surface area contributed by atoms with Crippen LogP contribution in [0.2, 0.25) is 0 Å². The number of ether oxygens (including phenoxy) is 2. The quantitative estimate of drug-likeness (QED) is 0.606. The second kappa shape index (κ2) is 12.2. The van der Waals surface area contributed by atoms with Crippen molar-refractivity contribution in [3.63, 3.8) is 0 Å². The maximum Gasteiger partial charge on any atom is 0.242 e. The van der Waals surface area contributed by atoms with Gasteiger partial charge in [-0.05, 0) is 36.1 Å². The van der Waals surface area contributed by atoms with E-state index < -0.39 is 0 Å². The SMILES string of the molecule is CCN(Cc1ccc(OCc2cccs2)c(OC)c1)C(=O)CNC(=O)CN.Cl. The molecule has 0 unspecified atom stereocenters. The standard InChI is InChI=1S/C19H25N3O4S.ClH/c1-3-22(19(24)11-21-18(23)10-20)12-14-6-7-16(17(9-14)25-2)26-13-15-5-4-8-27-15;/h4-9H,3,10-13,20H2,1-2H3,(H,21,23);1H. The van der Waals surface area contributed by atoms with Gasteiger partial charge in [0, 0.05) is 18.0 Å². The third-order valence-electron chi connectivity index (χ3n) is 3.91. The Hall–Kier alpha value is -2.29. The molecule has 2 amide bonds. The summed E-state index contributed by atoms with van der Waals surface area (Å²) in [4.78, 5) is 26.3. The molecule has 9 heteroatoms. The van der Waals surface area contributed by atoms with Crippen LogP contribution in [0.25, 0.3) is 0 Å². The van der Waals surface area contributed by atoms with Crippen molar-refractivity contribution in [1.29, 1.82) is 0 Å². The maximum atomic E-state index is 12.3. The van der Waals surface area contributed by atoms with Gasteiger partial charge in [-0.1, -0.05) is 12.1 Å². The van der Waals surface area contributed by atoms with E-state index in [2.05, 4.69) is 5.32 Å². The zero-order valence-corrected chi connectivity index (χ0v) is 17.6. The van der Waals surface area contributed by atoms with Crippen LogP contribution < -0.4 is 20.5 Å². The van der Waals surface area contributed by atoms with Crippen LogP contribution in [0, 0.1) is 0 Å². The van der Waals surface area contributed by atoms with E-state index in [0.717, 1.165) is 10.4 Å². The topological polar surface area (TPSA) is 93.9 Å². The number of rotatable bonds is 10. The van der Waals surface area contributed by atoms with Crippen molar-refractivity contribution in [1.82, 2.24) is 10.2 Å². The van der Waals surface area contributed by atoms with E-state index in [-0.39, 0.29) is 37.3 Å². The molecule has 154 valence electrons. The number of thiophene rings is 1. The Morgan fingerprint density at radius 2 is 2.04 bits per heavy atom. The Labute approximate surface area is 175 Å². The van der Waals surface area contributed by atoms with Crippen LogP contribution in [0.15, 0.2) is 35.7 Å². The summed E-state index contributed by atoms with van der Waals surface area (Å²) in [6.07, 6.45) is 0. The molecule has 0 bridgehead atoms. The van der Waals surface area contributed by atoms with Gasteiger partial charge in [-0.3, -0.25) is 9.59 Å². The molecule has 0 aliphatic carbocycles. The Balaban J connectivity index is 0.00000392. The van der Waals surface area contributed by atoms with Gasteiger partial charge in [-0.15, -0.1) is 23.7 Å². The van der Waals surface area contributed by atoms with Gasteiger partial charge in [-0.25, -0.2) is 0 Å². The number of likely N-dealkylation sites (N-methyl/N-ethyl adjacent to an activating group) is 1. The first-order valence-electron chi connectivity index (χ1n) is 8.64. The van der Waals surface area contributed by atoms with Crippen molar-refractivity contribution < 1.29 is 19.1 Å². The van der Waals surface area contributed by atoms with E-state index in [1.54, 1.807) is 23.3 Å². The second-order valence-electron chi connectivity index (χ2n) is 5.74. The summed E-state index contributed by atoms with van der Waals surface area (Å²) in [7, 11) is 1.59. The Morgan fingerprint density at radius 1 is 1.25 bits per heavy atom. The van der Waals surface area contributed by atoms with Crippen molar-refractivity contribution in [2.75, 3.05) is 26.7 Å². The number of carbonyl (C=O) groups excluding carboxylic acids is 2. The van der Waals surface area contributed by atoms with Gasteiger partial charge in [0.2, 0.25) is 11.8 Å². The molecule has 0 spiro atoms. The number of nitrogens with two attached hydrogens (primary N) is 1. The molecule has 0 atom stereocenters. The average Bonchev–Trinajstić information content (AvgIpc) is 3.22. The summed E-state index contributed by atoms with van der Waals surface area (Å²) < 4.78 is 11.3. The summed E-state index contributed by atoms with van der Waals surface area (Å²) >= 11 is 1.63. The lowest BCUT2D eigenvalue weighted by molar-refractivity contribution is -0.132. The van der Waals surface area contributed by atoms with E-state index >= 15 is 0 Å². The fourth-order valence-electron chi connectivity index (χ4n) is 2.43. The highest BCUT2D eigenvalue weighted by Gasteiger charge is 2.14. The highest BCUT2D eigenvalue weighted by molar-refractivity contribution is 7.09. The van der Waals surface area contributed by atoms with Crippen molar-refractivity contribution in [2.45, 2.75) is 20.1 Å². The van der Waals surface area contributed by atoms with Crippen molar-refractivity contribution in [2.24, 2.45) is 5.73 Å². The molecule has 7 nitrogen and oxygen atoms in total. The third-order valence-corrected chi connectivity index (χ3v) is 4.76. The summed E-state index contributed by atoms with van der Waals surface area (Å²) in [6, 6.07) is 9.60. The minimum Gasteiger partial charge on any atom is -0.493 e. The van der Waals surface area contributed by atoms with Crippen LogP contribution in [0.3, 0.4) is 0 Å². The highest BCUT2D eigenvalue weighted by Crippen LogP contribution is 2.29. The first kappa shape index (κ1) is 23.7. The molecular weight excluding hydrogens is 402 g/mol. The molecule has 3 N–H and O–H groups in total. The van der Waals surface area contributed by atoms with Gasteiger partial charge in [0.1, 0.15) is 6.61 Å². The molecule has 2 aromatic rings. The molecule has 0 saturated heterocycles. The minimum absolute atomic E-state index is 0. The molecule has 1 aromatic carbocycles. The fourth-order valence-corrected chi connectivity index (χ4v) is 3.04. The van der Waals surface area contributed by atoms with E-state index in [1.165, 1.54) is 0 Å². The van der Waals surface area contributed by atoms with Crippen molar-refractivity contribution in [3.8, 4) is 11.5 Å². The number of amides is 2. The van der Waals surface area contributed by atoms with Gasteiger partial charge in [-0.2, -0.15) is 0 Å². The number of benzene rings is 1. The smallest absolute Gasteiger partial charge is 0.242 e. The zero-order chi connectivity index (χ0) is 19.6. The van der Waals surface area contributed by atoms with Gasteiger partial charge < -0.3 is 25.4 Å². The van der Waals surface area contributed by atoms with Crippen LogP contribution in [-0.2, 0) is 22.7 Å². The van der Waals surface area contributed by atoms with Gasteiger partial charge in [0.05, 0.1) is 20.2 Å². The number of nitrogens with zero attached hydrogens (tertiary/aromatic N) is 1. The Bertz CT molecular complexity index is 756. The molecule has 1 aromatic heterocycles. The predicted molar refractivity (Wildman–Crippen MR) is 112 cm³/mol. The van der Waals surface area contributed by atoms with Gasteiger partial charge >= 0.3 is 0 Å². The summed E-state index contributed by atoms with van der Waals surface area (Å²) in [5, 5.41) is 4.50. The average molecular weight is 428 g/mol. The summed E-state index contributed by atoms with van der Waals surface area (Å²) in [5.74, 6) is 0.743. The number of methoxy groups -OCH3 is 1. The zero-order valence-electron chi connectivity index (χ0n) is 16.0. The Morgan fingerprint density at radius 3 is 2.64 bits per heavy atom. The van der Waals surface area contributed by atoms with E-state index in [4.69, 9.17) is 15.2 Å². The molecule has 0 saturated carbocycles. The fraction of sp³-hybridized carbons (Fsp3) is 0.368. The third kappa shape index (κ3) is 7.03. The van der Waals surface area contributed by atoms with Crippen LogP contribution in [-0.4, -0.2) is 43.5 Å². The minimum atomic E-state index is -0.353. The Kier molecular flexibility index (Phi) is 10.4. The number of halogens is 1. The maximum absolute atomic E-state index is 12.3. The molecule has 1 heterocycles. The number of nitrogens with one attached hydrogen (secondary N) is 1. The first-order valence-corrected chi connectivity index (χ1v) is 9.52. The predicted octanol–water partition coefficient (Wildman–Crippen LogP) is 2.18. The molecule has 0 aliphatic heterocycles. The van der Waals surface area contributed by atoms with Gasteiger partial charge in [0.15, 0.2) is 11.5 Å². The number of hydrogen-bond donors (Lipinski definition) is 2. The lowest BCUT2D eigenvalue weighted by Gasteiger charge is -2.22. The lowest BCUT2D eigenvalue weighted by atomic mass is 10.2. The molecule has 0 aliphatic rings. The van der Waals surface area contributed by atoms with Crippen LogP contribution in [0.4, 0.5) is 0 Å². The first-order chi connectivity index (χ1) is 13.1. The molecule has 0 fully saturated rings. The van der Waals surface area contributed by atoms with Crippen LogP contribution in [0.1, 0.15) is 17.4 Å². The summed E-state index contributed by atoms with van der Waals surface area (Å²) in [6.45, 7) is 3.10. The molecule has 0 radical (unpaired) electrons. The molecular formula is C19H26ClN3O4S. The van der Waals surface area contributed by atoms with E-state index in [0.29, 0.717) is 31.2 Å². The number of carbonyl (C=O) groups is 2. The van der Waals surface area contributed by atoms with E-state index in [9.17, 15) is 9.59 Å².